The number of carbonyl (C=O) groups is 1. The van der Waals surface area contributed by atoms with Gasteiger partial charge in [-0.15, -0.1) is 0 Å². The van der Waals surface area contributed by atoms with Crippen LogP contribution in [-0.2, 0) is 4.74 Å². The zero-order valence-electron chi connectivity index (χ0n) is 6.74. The lowest BCUT2D eigenvalue weighted by molar-refractivity contribution is 0.0932. The molecule has 0 fully saturated rings. The van der Waals surface area contributed by atoms with Gasteiger partial charge in [0, 0.05) is 13.7 Å². The first-order valence-electron chi connectivity index (χ1n) is 3.50. The molecule has 0 atom stereocenters. The Balaban J connectivity index is 2.30. The molecule has 1 N–H and O–H groups in total. The maximum absolute atomic E-state index is 11.1. The Kier molecular flexibility index (Phi) is 3.28. The number of nitrogens with zero attached hydrogens (tertiary/aromatic N) is 1. The predicted octanol–water partition coefficient (Wildman–Crippen LogP) is 0.0508. The largest absolute Gasteiger partial charge is 0.451 e. The van der Waals surface area contributed by atoms with Gasteiger partial charge in [0.2, 0.25) is 0 Å². The molecular weight excluding hydrogens is 160 g/mol. The zero-order valence-corrected chi connectivity index (χ0v) is 6.74. The summed E-state index contributed by atoms with van der Waals surface area (Å²) in [6.07, 6.45) is 2.51. The Hall–Kier alpha value is -1.36. The molecule has 0 aromatic carbocycles. The van der Waals surface area contributed by atoms with Crippen molar-refractivity contribution in [3.05, 3.63) is 18.4 Å². The Morgan fingerprint density at radius 2 is 2.67 bits per heavy atom. The van der Waals surface area contributed by atoms with E-state index in [4.69, 9.17) is 4.74 Å². The van der Waals surface area contributed by atoms with Crippen LogP contribution in [0, 0.1) is 0 Å². The number of amides is 1. The fraction of sp³-hybridized carbons (Fsp3) is 0.429. The lowest BCUT2D eigenvalue weighted by Crippen LogP contribution is -2.27. The zero-order chi connectivity index (χ0) is 8.81. The molecule has 12 heavy (non-hydrogen) atoms. The number of ether oxygens (including phenoxy) is 1. The van der Waals surface area contributed by atoms with E-state index in [-0.39, 0.29) is 11.6 Å². The summed E-state index contributed by atoms with van der Waals surface area (Å²) in [4.78, 5) is 14.8. The molecule has 5 nitrogen and oxygen atoms in total. The third-order valence-corrected chi connectivity index (χ3v) is 1.26. The minimum absolute atomic E-state index is 0.249. The second kappa shape index (κ2) is 4.50. The van der Waals surface area contributed by atoms with E-state index in [1.54, 1.807) is 7.11 Å². The molecule has 0 aliphatic heterocycles. The van der Waals surface area contributed by atoms with Gasteiger partial charge in [-0.05, 0) is 0 Å². The van der Waals surface area contributed by atoms with Crippen molar-refractivity contribution in [2.24, 2.45) is 0 Å². The molecule has 1 aromatic heterocycles. The van der Waals surface area contributed by atoms with Crippen LogP contribution in [0.3, 0.4) is 0 Å². The van der Waals surface area contributed by atoms with Crippen LogP contribution in [0.25, 0.3) is 0 Å². The van der Waals surface area contributed by atoms with Gasteiger partial charge in [-0.25, -0.2) is 4.98 Å². The second-order valence-corrected chi connectivity index (χ2v) is 2.12. The van der Waals surface area contributed by atoms with Gasteiger partial charge >= 0.3 is 0 Å². The van der Waals surface area contributed by atoms with Gasteiger partial charge in [-0.3, -0.25) is 4.79 Å². The van der Waals surface area contributed by atoms with Crippen molar-refractivity contribution < 1.29 is 13.9 Å². The first-order chi connectivity index (χ1) is 5.84. The van der Waals surface area contributed by atoms with Gasteiger partial charge in [0.15, 0.2) is 12.1 Å². The summed E-state index contributed by atoms with van der Waals surface area (Å²) >= 11 is 0. The van der Waals surface area contributed by atoms with E-state index in [0.717, 1.165) is 0 Å². The summed E-state index contributed by atoms with van der Waals surface area (Å²) in [7, 11) is 1.57. The Morgan fingerprint density at radius 3 is 3.25 bits per heavy atom. The third kappa shape index (κ3) is 2.35. The van der Waals surface area contributed by atoms with Crippen LogP contribution in [0.4, 0.5) is 0 Å². The van der Waals surface area contributed by atoms with E-state index in [1.165, 1.54) is 12.7 Å². The smallest absolute Gasteiger partial charge is 0.273 e. The SMILES string of the molecule is COCCNC(=O)c1cocn1. The van der Waals surface area contributed by atoms with Crippen LogP contribution in [0.2, 0.25) is 0 Å². The molecule has 5 heteroatoms. The number of hydrogen-bond donors (Lipinski definition) is 1. The Labute approximate surface area is 69.7 Å². The highest BCUT2D eigenvalue weighted by Crippen LogP contribution is 1.92. The monoisotopic (exact) mass is 170 g/mol. The summed E-state index contributed by atoms with van der Waals surface area (Å²) in [5.41, 5.74) is 0.283. The molecule has 0 saturated heterocycles. The number of nitrogens with one attached hydrogen (secondary N) is 1. The molecule has 0 aliphatic rings. The van der Waals surface area contributed by atoms with E-state index in [9.17, 15) is 4.79 Å². The van der Waals surface area contributed by atoms with Crippen LogP contribution in [-0.4, -0.2) is 31.2 Å². The highest BCUT2D eigenvalue weighted by atomic mass is 16.5. The van der Waals surface area contributed by atoms with Crippen LogP contribution < -0.4 is 5.32 Å². The van der Waals surface area contributed by atoms with Crippen molar-refractivity contribution in [2.45, 2.75) is 0 Å². The average molecular weight is 170 g/mol. The standard InChI is InChI=1S/C7H10N2O3/c1-11-3-2-8-7(10)6-4-12-5-9-6/h4-5H,2-3H2,1H3,(H,8,10). The van der Waals surface area contributed by atoms with Gasteiger partial charge in [-0.1, -0.05) is 0 Å². The van der Waals surface area contributed by atoms with Gasteiger partial charge in [0.05, 0.1) is 6.61 Å². The number of aromatic nitrogens is 1. The number of rotatable bonds is 4. The average Bonchev–Trinajstić information content (AvgIpc) is 2.56. The number of carbonyl (C=O) groups excluding carboxylic acids is 1. The van der Waals surface area contributed by atoms with E-state index < -0.39 is 0 Å². The number of methoxy groups -OCH3 is 1. The molecule has 0 bridgehead atoms. The normalized spacial score (nSPS) is 9.75. The fourth-order valence-corrected chi connectivity index (χ4v) is 0.682. The van der Waals surface area contributed by atoms with Crippen molar-refractivity contribution in [3.8, 4) is 0 Å². The first-order valence-corrected chi connectivity index (χ1v) is 3.50. The molecule has 1 aromatic rings. The molecule has 1 heterocycles. The molecule has 0 spiro atoms. The molecule has 0 radical (unpaired) electrons. The molecule has 1 amide bonds. The topological polar surface area (TPSA) is 64.4 Å². The molecule has 0 aliphatic carbocycles. The minimum Gasteiger partial charge on any atom is -0.451 e. The van der Waals surface area contributed by atoms with Gasteiger partial charge in [0.25, 0.3) is 5.91 Å². The fourth-order valence-electron chi connectivity index (χ4n) is 0.682. The van der Waals surface area contributed by atoms with Gasteiger partial charge in [0.1, 0.15) is 6.26 Å². The number of oxazole rings is 1. The number of hydrogen-bond acceptors (Lipinski definition) is 4. The predicted molar refractivity (Wildman–Crippen MR) is 40.7 cm³/mol. The van der Waals surface area contributed by atoms with Crippen molar-refractivity contribution in [2.75, 3.05) is 20.3 Å². The van der Waals surface area contributed by atoms with Crippen molar-refractivity contribution in [3.63, 3.8) is 0 Å². The summed E-state index contributed by atoms with van der Waals surface area (Å²) in [6.45, 7) is 0.964. The highest BCUT2D eigenvalue weighted by Gasteiger charge is 2.06. The third-order valence-electron chi connectivity index (χ3n) is 1.26. The summed E-state index contributed by atoms with van der Waals surface area (Å²) in [5, 5.41) is 2.60. The van der Waals surface area contributed by atoms with E-state index >= 15 is 0 Å². The van der Waals surface area contributed by atoms with Crippen LogP contribution in [0.5, 0.6) is 0 Å². The van der Waals surface area contributed by atoms with E-state index in [0.29, 0.717) is 13.2 Å². The maximum Gasteiger partial charge on any atom is 0.273 e. The van der Waals surface area contributed by atoms with Crippen LogP contribution >= 0.6 is 0 Å². The molecule has 0 saturated carbocycles. The van der Waals surface area contributed by atoms with Crippen molar-refractivity contribution >= 4 is 5.91 Å². The Bertz CT molecular complexity index is 233. The van der Waals surface area contributed by atoms with E-state index in [2.05, 4.69) is 14.7 Å². The van der Waals surface area contributed by atoms with Crippen LogP contribution in [0.15, 0.2) is 17.1 Å². The van der Waals surface area contributed by atoms with Crippen molar-refractivity contribution in [1.29, 1.82) is 0 Å². The summed E-state index contributed by atoms with van der Waals surface area (Å²) < 4.78 is 9.39. The molecular formula is C7H10N2O3. The quantitative estimate of drug-likeness (QED) is 0.648. The van der Waals surface area contributed by atoms with Gasteiger partial charge < -0.3 is 14.5 Å². The minimum atomic E-state index is -0.249. The maximum atomic E-state index is 11.1. The lowest BCUT2D eigenvalue weighted by Gasteiger charge is -1.99. The molecule has 1 rings (SSSR count). The highest BCUT2D eigenvalue weighted by molar-refractivity contribution is 5.91. The van der Waals surface area contributed by atoms with Gasteiger partial charge in [-0.2, -0.15) is 0 Å². The molecule has 0 unspecified atom stereocenters. The molecule has 66 valence electrons. The Morgan fingerprint density at radius 1 is 1.83 bits per heavy atom. The lowest BCUT2D eigenvalue weighted by atomic mass is 10.4. The summed E-state index contributed by atoms with van der Waals surface area (Å²) in [5.74, 6) is -0.249. The van der Waals surface area contributed by atoms with E-state index in [1.807, 2.05) is 0 Å². The van der Waals surface area contributed by atoms with Crippen molar-refractivity contribution in [1.82, 2.24) is 10.3 Å². The first kappa shape index (κ1) is 8.73. The second-order valence-electron chi connectivity index (χ2n) is 2.12. The van der Waals surface area contributed by atoms with Crippen LogP contribution in [0.1, 0.15) is 10.5 Å². The summed E-state index contributed by atoms with van der Waals surface area (Å²) in [6, 6.07) is 0.